The van der Waals surface area contributed by atoms with E-state index < -0.39 is 15.8 Å². The fourth-order valence-electron chi connectivity index (χ4n) is 1.65. The van der Waals surface area contributed by atoms with Crippen LogP contribution in [0.4, 0.5) is 10.1 Å². The van der Waals surface area contributed by atoms with E-state index in [1.165, 1.54) is 48.4 Å². The zero-order valence-corrected chi connectivity index (χ0v) is 11.6. The van der Waals surface area contributed by atoms with Crippen LogP contribution in [0.2, 0.25) is 0 Å². The molecule has 2 rings (SSSR count). The molecule has 1 N–H and O–H groups in total. The molecule has 0 atom stereocenters. The summed E-state index contributed by atoms with van der Waals surface area (Å²) in [6.07, 6.45) is 2.55. The molecule has 0 bridgehead atoms. The van der Waals surface area contributed by atoms with Gasteiger partial charge in [-0.05, 0) is 24.3 Å². The van der Waals surface area contributed by atoms with Gasteiger partial charge in [0.25, 0.3) is 10.0 Å². The second-order valence-electron chi connectivity index (χ2n) is 4.11. The minimum Gasteiger partial charge on any atom is -0.394 e. The maximum absolute atomic E-state index is 12.9. The van der Waals surface area contributed by atoms with Crippen molar-refractivity contribution in [3.63, 3.8) is 0 Å². The van der Waals surface area contributed by atoms with Crippen LogP contribution in [0.5, 0.6) is 0 Å². The third-order valence-electron chi connectivity index (χ3n) is 2.79. The Labute approximate surface area is 116 Å². The van der Waals surface area contributed by atoms with Crippen LogP contribution in [-0.2, 0) is 16.6 Å². The van der Waals surface area contributed by atoms with Gasteiger partial charge in [0.05, 0.1) is 25.0 Å². The lowest BCUT2D eigenvalue weighted by molar-refractivity contribution is 0.269. The Balaban J connectivity index is 2.30. The van der Waals surface area contributed by atoms with Crippen molar-refractivity contribution in [1.29, 1.82) is 0 Å². The first kappa shape index (κ1) is 14.5. The zero-order valence-electron chi connectivity index (χ0n) is 10.8. The summed E-state index contributed by atoms with van der Waals surface area (Å²) in [6.45, 7) is 0.0880. The van der Waals surface area contributed by atoms with Gasteiger partial charge < -0.3 is 5.11 Å². The van der Waals surface area contributed by atoms with E-state index in [0.717, 1.165) is 4.31 Å². The summed E-state index contributed by atoms with van der Waals surface area (Å²) < 4.78 is 39.9. The smallest absolute Gasteiger partial charge is 0.267 e. The first-order valence-corrected chi connectivity index (χ1v) is 7.27. The fraction of sp³-hybridized carbons (Fsp3) is 0.250. The largest absolute Gasteiger partial charge is 0.394 e. The number of hydrogen-bond donors (Lipinski definition) is 1. The maximum Gasteiger partial charge on any atom is 0.267 e. The van der Waals surface area contributed by atoms with Crippen molar-refractivity contribution in [2.75, 3.05) is 18.0 Å². The van der Waals surface area contributed by atoms with Gasteiger partial charge in [-0.25, -0.2) is 12.8 Å². The number of benzene rings is 1. The number of aliphatic hydroxyl groups is 1. The molecule has 0 saturated heterocycles. The van der Waals surface area contributed by atoms with Crippen LogP contribution < -0.4 is 4.31 Å². The van der Waals surface area contributed by atoms with Gasteiger partial charge in [-0.3, -0.25) is 8.99 Å². The Hall–Kier alpha value is -1.93. The molecule has 1 heterocycles. The molecule has 0 aliphatic heterocycles. The van der Waals surface area contributed by atoms with Crippen molar-refractivity contribution in [1.82, 2.24) is 9.78 Å². The molecule has 1 aromatic carbocycles. The third kappa shape index (κ3) is 2.81. The predicted molar refractivity (Wildman–Crippen MR) is 71.3 cm³/mol. The van der Waals surface area contributed by atoms with E-state index in [4.69, 9.17) is 5.11 Å². The van der Waals surface area contributed by atoms with Crippen molar-refractivity contribution < 1.29 is 17.9 Å². The number of sulfonamides is 1. The molecule has 0 unspecified atom stereocenters. The molecule has 108 valence electrons. The van der Waals surface area contributed by atoms with Crippen LogP contribution in [-0.4, -0.2) is 37.0 Å². The minimum atomic E-state index is -3.76. The number of anilines is 1. The molecular weight excluding hydrogens is 285 g/mol. The van der Waals surface area contributed by atoms with Crippen LogP contribution in [0.25, 0.3) is 0 Å². The standard InChI is InChI=1S/C12H14FN3O3S/c1-15(11-4-2-10(13)3-5-11)20(18,19)12-8-14-16(9-12)6-7-17/h2-5,8-9,17H,6-7H2,1H3. The molecule has 0 amide bonds. The number of aliphatic hydroxyl groups excluding tert-OH is 1. The van der Waals surface area contributed by atoms with Crippen molar-refractivity contribution >= 4 is 15.7 Å². The van der Waals surface area contributed by atoms with E-state index in [-0.39, 0.29) is 18.0 Å². The predicted octanol–water partition coefficient (Wildman–Crippen LogP) is 0.840. The fourth-order valence-corrected chi connectivity index (χ4v) is 2.80. The average molecular weight is 299 g/mol. The Morgan fingerprint density at radius 2 is 2.00 bits per heavy atom. The highest BCUT2D eigenvalue weighted by atomic mass is 32.2. The number of nitrogens with zero attached hydrogens (tertiary/aromatic N) is 3. The Kier molecular flexibility index (Phi) is 4.05. The second-order valence-corrected chi connectivity index (χ2v) is 6.08. The van der Waals surface area contributed by atoms with E-state index in [2.05, 4.69) is 5.10 Å². The van der Waals surface area contributed by atoms with Crippen molar-refractivity contribution in [2.45, 2.75) is 11.4 Å². The molecule has 0 aliphatic rings. The normalized spacial score (nSPS) is 11.6. The van der Waals surface area contributed by atoms with Gasteiger partial charge in [-0.1, -0.05) is 0 Å². The van der Waals surface area contributed by atoms with Gasteiger partial charge >= 0.3 is 0 Å². The number of halogens is 1. The minimum absolute atomic E-state index is 0.0118. The Morgan fingerprint density at radius 3 is 2.60 bits per heavy atom. The quantitative estimate of drug-likeness (QED) is 0.887. The number of aromatic nitrogens is 2. The van der Waals surface area contributed by atoms with Crippen LogP contribution in [0.15, 0.2) is 41.6 Å². The van der Waals surface area contributed by atoms with Crippen LogP contribution in [0, 0.1) is 5.82 Å². The van der Waals surface area contributed by atoms with Crippen LogP contribution in [0.3, 0.4) is 0 Å². The molecule has 0 radical (unpaired) electrons. The lowest BCUT2D eigenvalue weighted by Gasteiger charge is -2.18. The average Bonchev–Trinajstić information content (AvgIpc) is 2.88. The van der Waals surface area contributed by atoms with Gasteiger partial charge in [0.2, 0.25) is 0 Å². The van der Waals surface area contributed by atoms with Crippen LogP contribution in [0.1, 0.15) is 0 Å². The summed E-state index contributed by atoms with van der Waals surface area (Å²) in [6, 6.07) is 5.14. The molecule has 0 aliphatic carbocycles. The van der Waals surface area contributed by atoms with Crippen molar-refractivity contribution in [3.05, 3.63) is 42.5 Å². The summed E-state index contributed by atoms with van der Waals surface area (Å²) in [5.41, 5.74) is 0.348. The summed E-state index contributed by atoms with van der Waals surface area (Å²) in [5, 5.41) is 12.6. The lowest BCUT2D eigenvalue weighted by Crippen LogP contribution is -2.26. The summed E-state index contributed by atoms with van der Waals surface area (Å²) in [7, 11) is -2.38. The van der Waals surface area contributed by atoms with E-state index in [9.17, 15) is 12.8 Å². The van der Waals surface area contributed by atoms with Gasteiger partial charge in [-0.2, -0.15) is 5.10 Å². The monoisotopic (exact) mass is 299 g/mol. The third-order valence-corrected chi connectivity index (χ3v) is 4.53. The molecule has 0 saturated carbocycles. The molecule has 2 aromatic rings. The molecule has 20 heavy (non-hydrogen) atoms. The zero-order chi connectivity index (χ0) is 14.8. The molecular formula is C12H14FN3O3S. The Morgan fingerprint density at radius 1 is 1.35 bits per heavy atom. The van der Waals surface area contributed by atoms with E-state index in [1.807, 2.05) is 0 Å². The summed E-state index contributed by atoms with van der Waals surface area (Å²) >= 11 is 0. The SMILES string of the molecule is CN(c1ccc(F)cc1)S(=O)(=O)c1cnn(CCO)c1. The highest BCUT2D eigenvalue weighted by Gasteiger charge is 2.23. The summed E-state index contributed by atoms with van der Waals surface area (Å²) in [4.78, 5) is 0.0118. The van der Waals surface area contributed by atoms with Gasteiger partial charge in [-0.15, -0.1) is 0 Å². The maximum atomic E-state index is 12.9. The highest BCUT2D eigenvalue weighted by Crippen LogP contribution is 2.21. The molecule has 8 heteroatoms. The van der Waals surface area contributed by atoms with Gasteiger partial charge in [0.15, 0.2) is 0 Å². The first-order valence-electron chi connectivity index (χ1n) is 5.83. The molecule has 0 spiro atoms. The van der Waals surface area contributed by atoms with Gasteiger partial charge in [0, 0.05) is 13.2 Å². The number of rotatable bonds is 5. The Bertz CT molecular complexity index is 682. The van der Waals surface area contributed by atoms with E-state index in [1.54, 1.807) is 0 Å². The molecule has 0 fully saturated rings. The molecule has 6 nitrogen and oxygen atoms in total. The van der Waals surface area contributed by atoms with Crippen LogP contribution >= 0.6 is 0 Å². The first-order chi connectivity index (χ1) is 9.45. The van der Waals surface area contributed by atoms with E-state index in [0.29, 0.717) is 5.69 Å². The van der Waals surface area contributed by atoms with Crippen molar-refractivity contribution in [3.8, 4) is 0 Å². The summed E-state index contributed by atoms with van der Waals surface area (Å²) in [5.74, 6) is -0.435. The van der Waals surface area contributed by atoms with E-state index >= 15 is 0 Å². The lowest BCUT2D eigenvalue weighted by atomic mass is 10.3. The topological polar surface area (TPSA) is 75.4 Å². The second kappa shape index (κ2) is 5.59. The van der Waals surface area contributed by atoms with Gasteiger partial charge in [0.1, 0.15) is 10.7 Å². The number of hydrogen-bond acceptors (Lipinski definition) is 4. The highest BCUT2D eigenvalue weighted by molar-refractivity contribution is 7.92. The molecule has 1 aromatic heterocycles. The van der Waals surface area contributed by atoms with Crippen molar-refractivity contribution in [2.24, 2.45) is 0 Å².